The number of rotatable bonds is 4. The van der Waals surface area contributed by atoms with Crippen molar-refractivity contribution in [1.29, 1.82) is 5.26 Å². The van der Waals surface area contributed by atoms with Gasteiger partial charge in [-0.05, 0) is 49.4 Å². The smallest absolute Gasteiger partial charge is 0.418 e. The Labute approximate surface area is 146 Å². The molecule has 0 aliphatic rings. The zero-order chi connectivity index (χ0) is 18.6. The van der Waals surface area contributed by atoms with Crippen LogP contribution < -0.4 is 10.1 Å². The van der Waals surface area contributed by atoms with Gasteiger partial charge in [-0.15, -0.1) is 0 Å². The number of ether oxygens (including phenoxy) is 1. The third kappa shape index (κ3) is 4.88. The molecule has 0 aliphatic heterocycles. The first-order chi connectivity index (χ1) is 11.7. The molecule has 0 fully saturated rings. The number of nitriles is 1. The summed E-state index contributed by atoms with van der Waals surface area (Å²) in [6, 6.07) is 11.0. The third-order valence-corrected chi connectivity index (χ3v) is 3.45. The molecule has 2 aromatic rings. The van der Waals surface area contributed by atoms with Crippen LogP contribution in [0.1, 0.15) is 18.1 Å². The Morgan fingerprint density at radius 1 is 1.24 bits per heavy atom. The van der Waals surface area contributed by atoms with Crippen molar-refractivity contribution in [2.24, 2.45) is 0 Å². The summed E-state index contributed by atoms with van der Waals surface area (Å²) < 4.78 is 44.5. The maximum absolute atomic E-state index is 13.0. The summed E-state index contributed by atoms with van der Waals surface area (Å²) in [5, 5.41) is 10.8. The van der Waals surface area contributed by atoms with Crippen LogP contribution in [0, 0.1) is 11.3 Å². The fourth-order valence-electron chi connectivity index (χ4n) is 1.96. The number of nitrogens with zero attached hydrogens (tertiary/aromatic N) is 1. The van der Waals surface area contributed by atoms with Gasteiger partial charge in [-0.2, -0.15) is 18.4 Å². The first-order valence-electron chi connectivity index (χ1n) is 7.05. The summed E-state index contributed by atoms with van der Waals surface area (Å²) in [5.41, 5.74) is -1.03. The second-order valence-corrected chi connectivity index (χ2v) is 5.51. The molecule has 1 amide bonds. The standard InChI is InChI=1S/C17H12ClF3N2O2/c1-10(25-13-5-2-11(9-22)3-6-13)16(24)23-15-7-4-12(18)8-14(15)17(19,20)21/h2-8,10H,1H3,(H,23,24)/t10-/m0/s1. The van der Waals surface area contributed by atoms with Crippen LogP contribution in [0.15, 0.2) is 42.5 Å². The fraction of sp³-hybridized carbons (Fsp3) is 0.176. The van der Waals surface area contributed by atoms with Crippen molar-refractivity contribution < 1.29 is 22.7 Å². The van der Waals surface area contributed by atoms with Crippen LogP contribution in [0.2, 0.25) is 5.02 Å². The van der Waals surface area contributed by atoms with Gasteiger partial charge in [0.25, 0.3) is 5.91 Å². The fourth-order valence-corrected chi connectivity index (χ4v) is 2.13. The number of benzene rings is 2. The van der Waals surface area contributed by atoms with E-state index in [2.05, 4.69) is 5.32 Å². The first kappa shape index (κ1) is 18.6. The summed E-state index contributed by atoms with van der Waals surface area (Å²) in [4.78, 5) is 12.1. The average molecular weight is 369 g/mol. The monoisotopic (exact) mass is 368 g/mol. The lowest BCUT2D eigenvalue weighted by atomic mass is 10.1. The summed E-state index contributed by atoms with van der Waals surface area (Å²) in [6.07, 6.45) is -5.71. The summed E-state index contributed by atoms with van der Waals surface area (Å²) in [5.74, 6) is -0.439. The number of amides is 1. The summed E-state index contributed by atoms with van der Waals surface area (Å²) >= 11 is 5.59. The van der Waals surface area contributed by atoms with E-state index in [0.29, 0.717) is 11.3 Å². The summed E-state index contributed by atoms with van der Waals surface area (Å²) in [7, 11) is 0. The number of halogens is 4. The molecule has 0 spiro atoms. The van der Waals surface area contributed by atoms with Gasteiger partial charge in [0.2, 0.25) is 0 Å². The van der Waals surface area contributed by atoms with Crippen LogP contribution in [0.4, 0.5) is 18.9 Å². The molecule has 0 saturated carbocycles. The SMILES string of the molecule is C[C@H](Oc1ccc(C#N)cc1)C(=O)Nc1ccc(Cl)cc1C(F)(F)F. The van der Waals surface area contributed by atoms with Crippen LogP contribution in [0.5, 0.6) is 5.75 Å². The zero-order valence-electron chi connectivity index (χ0n) is 12.9. The molecule has 0 radical (unpaired) electrons. The number of carbonyl (C=O) groups is 1. The molecule has 4 nitrogen and oxygen atoms in total. The molecule has 25 heavy (non-hydrogen) atoms. The van der Waals surface area contributed by atoms with E-state index in [1.165, 1.54) is 37.3 Å². The van der Waals surface area contributed by atoms with Crippen molar-refractivity contribution >= 4 is 23.2 Å². The molecule has 0 aliphatic carbocycles. The molecular formula is C17H12ClF3N2O2. The van der Waals surface area contributed by atoms with Crippen molar-refractivity contribution in [3.63, 3.8) is 0 Å². The minimum Gasteiger partial charge on any atom is -0.481 e. The van der Waals surface area contributed by atoms with Crippen LogP contribution in [-0.2, 0) is 11.0 Å². The van der Waals surface area contributed by atoms with Gasteiger partial charge < -0.3 is 10.1 Å². The Morgan fingerprint density at radius 3 is 2.44 bits per heavy atom. The largest absolute Gasteiger partial charge is 0.481 e. The molecule has 0 bridgehead atoms. The maximum Gasteiger partial charge on any atom is 0.418 e. The molecule has 1 N–H and O–H groups in total. The predicted molar refractivity (Wildman–Crippen MR) is 86.3 cm³/mol. The highest BCUT2D eigenvalue weighted by molar-refractivity contribution is 6.30. The topological polar surface area (TPSA) is 62.1 Å². The van der Waals surface area contributed by atoms with Gasteiger partial charge in [0.15, 0.2) is 6.10 Å². The number of anilines is 1. The van der Waals surface area contributed by atoms with Crippen molar-refractivity contribution in [2.75, 3.05) is 5.32 Å². The quantitative estimate of drug-likeness (QED) is 0.855. The van der Waals surface area contributed by atoms with Crippen molar-refractivity contribution in [1.82, 2.24) is 0 Å². The number of carbonyl (C=O) groups excluding carboxylic acids is 1. The highest BCUT2D eigenvalue weighted by Gasteiger charge is 2.34. The molecule has 130 valence electrons. The Kier molecular flexibility index (Phi) is 5.55. The number of hydrogen-bond donors (Lipinski definition) is 1. The van der Waals surface area contributed by atoms with Gasteiger partial charge in [-0.3, -0.25) is 4.79 Å². The van der Waals surface area contributed by atoms with Crippen LogP contribution in [0.3, 0.4) is 0 Å². The van der Waals surface area contributed by atoms with Crippen molar-refractivity contribution in [2.45, 2.75) is 19.2 Å². The van der Waals surface area contributed by atoms with E-state index in [1.54, 1.807) is 0 Å². The lowest BCUT2D eigenvalue weighted by molar-refractivity contribution is -0.137. The minimum atomic E-state index is -4.66. The van der Waals surface area contributed by atoms with Crippen LogP contribution in [0.25, 0.3) is 0 Å². The highest BCUT2D eigenvalue weighted by atomic mass is 35.5. The van der Waals surface area contributed by atoms with Gasteiger partial charge in [0.05, 0.1) is 22.9 Å². The summed E-state index contributed by atoms with van der Waals surface area (Å²) in [6.45, 7) is 1.40. The molecule has 0 saturated heterocycles. The number of hydrogen-bond acceptors (Lipinski definition) is 3. The molecule has 2 rings (SSSR count). The van der Waals surface area contributed by atoms with Crippen LogP contribution in [-0.4, -0.2) is 12.0 Å². The molecule has 0 aromatic heterocycles. The normalized spacial score (nSPS) is 12.2. The first-order valence-corrected chi connectivity index (χ1v) is 7.43. The van der Waals surface area contributed by atoms with E-state index in [4.69, 9.17) is 21.6 Å². The van der Waals surface area contributed by atoms with E-state index >= 15 is 0 Å². The Balaban J connectivity index is 2.12. The molecule has 0 unspecified atom stereocenters. The van der Waals surface area contributed by atoms with Gasteiger partial charge in [0.1, 0.15) is 5.75 Å². The van der Waals surface area contributed by atoms with E-state index in [9.17, 15) is 18.0 Å². The number of alkyl halides is 3. The van der Waals surface area contributed by atoms with Gasteiger partial charge in [0, 0.05) is 5.02 Å². The Morgan fingerprint density at radius 2 is 1.88 bits per heavy atom. The van der Waals surface area contributed by atoms with Crippen LogP contribution >= 0.6 is 11.6 Å². The number of nitrogens with one attached hydrogen (secondary N) is 1. The zero-order valence-corrected chi connectivity index (χ0v) is 13.7. The average Bonchev–Trinajstić information content (AvgIpc) is 2.56. The predicted octanol–water partition coefficient (Wildman–Crippen LogP) is 4.64. The molecule has 0 heterocycles. The Hall–Kier alpha value is -2.72. The Bertz CT molecular complexity index is 814. The van der Waals surface area contributed by atoms with Gasteiger partial charge in [-0.1, -0.05) is 11.6 Å². The second kappa shape index (κ2) is 7.45. The van der Waals surface area contributed by atoms with Crippen molar-refractivity contribution in [3.8, 4) is 11.8 Å². The minimum absolute atomic E-state index is 0.0906. The maximum atomic E-state index is 13.0. The van der Waals surface area contributed by atoms with E-state index < -0.39 is 29.4 Å². The molecule has 2 aromatic carbocycles. The molecule has 8 heteroatoms. The second-order valence-electron chi connectivity index (χ2n) is 5.07. The third-order valence-electron chi connectivity index (χ3n) is 3.21. The van der Waals surface area contributed by atoms with E-state index in [-0.39, 0.29) is 5.02 Å². The molecule has 1 atom stereocenters. The van der Waals surface area contributed by atoms with Gasteiger partial charge in [-0.25, -0.2) is 0 Å². The molecular weight excluding hydrogens is 357 g/mol. The lowest BCUT2D eigenvalue weighted by Crippen LogP contribution is -2.31. The van der Waals surface area contributed by atoms with Gasteiger partial charge >= 0.3 is 6.18 Å². The van der Waals surface area contributed by atoms with E-state index in [0.717, 1.165) is 12.1 Å². The van der Waals surface area contributed by atoms with E-state index in [1.807, 2.05) is 6.07 Å². The lowest BCUT2D eigenvalue weighted by Gasteiger charge is -2.18. The highest BCUT2D eigenvalue weighted by Crippen LogP contribution is 2.36. The van der Waals surface area contributed by atoms with Crippen molar-refractivity contribution in [3.05, 3.63) is 58.6 Å².